The topological polar surface area (TPSA) is 63.5 Å². The monoisotopic (exact) mass is 411 g/mol. The molecule has 2 aromatic heterocycles. The van der Waals surface area contributed by atoms with Crippen molar-refractivity contribution in [1.29, 1.82) is 0 Å². The highest BCUT2D eigenvalue weighted by Gasteiger charge is 2.18. The number of hydrogen-bond donors (Lipinski definition) is 1. The van der Waals surface area contributed by atoms with E-state index in [-0.39, 0.29) is 18.1 Å². The summed E-state index contributed by atoms with van der Waals surface area (Å²) in [5, 5.41) is 2.92. The zero-order valence-electron chi connectivity index (χ0n) is 18.2. The predicted octanol–water partition coefficient (Wildman–Crippen LogP) is 5.31. The Hall–Kier alpha value is -3.73. The van der Waals surface area contributed by atoms with Gasteiger partial charge >= 0.3 is 0 Å². The Morgan fingerprint density at radius 1 is 0.968 bits per heavy atom. The van der Waals surface area contributed by atoms with Crippen LogP contribution in [0.2, 0.25) is 0 Å². The normalized spacial score (nSPS) is 11.0. The minimum Gasteiger partial charge on any atom is -0.326 e. The number of ketones is 1. The molecule has 4 rings (SSSR count). The fourth-order valence-corrected chi connectivity index (χ4v) is 3.66. The summed E-state index contributed by atoms with van der Waals surface area (Å²) in [4.78, 5) is 29.4. The average molecular weight is 412 g/mol. The van der Waals surface area contributed by atoms with Gasteiger partial charge in [-0.3, -0.25) is 9.59 Å². The Labute approximate surface area is 181 Å². The maximum atomic E-state index is 12.9. The molecule has 156 valence electrons. The average Bonchev–Trinajstić information content (AvgIpc) is 3.07. The van der Waals surface area contributed by atoms with Gasteiger partial charge in [-0.25, -0.2) is 4.98 Å². The van der Waals surface area contributed by atoms with Gasteiger partial charge in [-0.1, -0.05) is 24.3 Å². The highest BCUT2D eigenvalue weighted by molar-refractivity contribution is 5.97. The van der Waals surface area contributed by atoms with E-state index in [0.717, 1.165) is 28.2 Å². The Bertz CT molecular complexity index is 1320. The van der Waals surface area contributed by atoms with Crippen LogP contribution in [-0.2, 0) is 11.2 Å². The minimum atomic E-state index is -0.159. The molecule has 4 aromatic rings. The van der Waals surface area contributed by atoms with Gasteiger partial charge < -0.3 is 9.72 Å². The number of hydrogen-bond acceptors (Lipinski definition) is 3. The third-order valence-corrected chi connectivity index (χ3v) is 5.54. The second kappa shape index (κ2) is 8.19. The first-order valence-electron chi connectivity index (χ1n) is 10.3. The number of benzene rings is 2. The zero-order valence-corrected chi connectivity index (χ0v) is 18.2. The van der Waals surface area contributed by atoms with Gasteiger partial charge in [0.05, 0.1) is 17.8 Å². The molecule has 1 N–H and O–H groups in total. The van der Waals surface area contributed by atoms with E-state index in [4.69, 9.17) is 4.98 Å². The molecule has 1 amide bonds. The van der Waals surface area contributed by atoms with E-state index in [1.807, 2.05) is 29.7 Å². The summed E-state index contributed by atoms with van der Waals surface area (Å²) in [6, 6.07) is 17.3. The highest BCUT2D eigenvalue weighted by Crippen LogP contribution is 2.27. The molecule has 0 bridgehead atoms. The maximum Gasteiger partial charge on any atom is 0.230 e. The number of amides is 1. The maximum absolute atomic E-state index is 12.9. The molecule has 0 aliphatic heterocycles. The fraction of sp³-hybridized carbons (Fsp3) is 0.192. The van der Waals surface area contributed by atoms with Crippen LogP contribution in [0.15, 0.2) is 60.8 Å². The van der Waals surface area contributed by atoms with Crippen LogP contribution >= 0.6 is 0 Å². The molecule has 0 aliphatic carbocycles. The van der Waals surface area contributed by atoms with Gasteiger partial charge in [-0.05, 0) is 74.7 Å². The van der Waals surface area contributed by atoms with Crippen LogP contribution in [0.5, 0.6) is 0 Å². The van der Waals surface area contributed by atoms with E-state index in [1.165, 1.54) is 18.1 Å². The Morgan fingerprint density at radius 3 is 2.52 bits per heavy atom. The number of rotatable bonds is 5. The molecule has 0 aliphatic rings. The molecule has 0 unspecified atom stereocenters. The standard InChI is InChI=1S/C26H25N3O2/c1-16-10-11-29-23(15-25(31)27-22-7-5-6-20(14-22)19(4)30)26(28-24(29)12-16)21-9-8-17(2)18(3)13-21/h5-14H,15H2,1-4H3,(H,27,31). The van der Waals surface area contributed by atoms with Crippen LogP contribution in [0.1, 0.15) is 39.7 Å². The first-order chi connectivity index (χ1) is 14.8. The molecule has 0 spiro atoms. The zero-order chi connectivity index (χ0) is 22.1. The lowest BCUT2D eigenvalue weighted by molar-refractivity contribution is -0.115. The lowest BCUT2D eigenvalue weighted by Crippen LogP contribution is -2.16. The summed E-state index contributed by atoms with van der Waals surface area (Å²) in [5.41, 5.74) is 8.13. The Kier molecular flexibility index (Phi) is 5.42. The number of nitrogens with one attached hydrogen (secondary N) is 1. The van der Waals surface area contributed by atoms with Gasteiger partial charge in [0.2, 0.25) is 5.91 Å². The molecule has 31 heavy (non-hydrogen) atoms. The van der Waals surface area contributed by atoms with Gasteiger partial charge in [-0.15, -0.1) is 0 Å². The van der Waals surface area contributed by atoms with Crippen molar-refractivity contribution in [3.63, 3.8) is 0 Å². The number of pyridine rings is 1. The van der Waals surface area contributed by atoms with Gasteiger partial charge in [0.15, 0.2) is 5.78 Å². The van der Waals surface area contributed by atoms with Gasteiger partial charge in [-0.2, -0.15) is 0 Å². The third kappa shape index (κ3) is 4.26. The number of aryl methyl sites for hydroxylation is 3. The lowest BCUT2D eigenvalue weighted by Gasteiger charge is -2.09. The van der Waals surface area contributed by atoms with Crippen LogP contribution in [0, 0.1) is 20.8 Å². The summed E-state index contributed by atoms with van der Waals surface area (Å²) in [7, 11) is 0. The summed E-state index contributed by atoms with van der Waals surface area (Å²) < 4.78 is 1.98. The van der Waals surface area contributed by atoms with Gasteiger partial charge in [0.1, 0.15) is 5.65 Å². The smallest absolute Gasteiger partial charge is 0.230 e. The number of anilines is 1. The van der Waals surface area contributed by atoms with Crippen molar-refractivity contribution >= 4 is 23.0 Å². The van der Waals surface area contributed by atoms with Crippen LogP contribution in [0.3, 0.4) is 0 Å². The summed E-state index contributed by atoms with van der Waals surface area (Å²) in [6.45, 7) is 7.69. The predicted molar refractivity (Wildman–Crippen MR) is 124 cm³/mol. The van der Waals surface area contributed by atoms with Crippen molar-refractivity contribution in [2.75, 3.05) is 5.32 Å². The summed E-state index contributed by atoms with van der Waals surface area (Å²) in [5.74, 6) is -0.196. The number of carbonyl (C=O) groups is 2. The molecule has 2 heterocycles. The Balaban J connectivity index is 1.72. The van der Waals surface area contributed by atoms with E-state index in [1.54, 1.807) is 24.3 Å². The van der Waals surface area contributed by atoms with Crippen molar-refractivity contribution in [1.82, 2.24) is 9.38 Å². The van der Waals surface area contributed by atoms with Crippen molar-refractivity contribution in [3.8, 4) is 11.3 Å². The lowest BCUT2D eigenvalue weighted by atomic mass is 10.0. The quantitative estimate of drug-likeness (QED) is 0.453. The highest BCUT2D eigenvalue weighted by atomic mass is 16.1. The number of nitrogens with zero attached hydrogens (tertiary/aromatic N) is 2. The molecule has 0 saturated heterocycles. The van der Waals surface area contributed by atoms with Crippen molar-refractivity contribution in [3.05, 3.63) is 88.7 Å². The fourth-order valence-electron chi connectivity index (χ4n) is 3.66. The molecule has 5 heteroatoms. The number of Topliss-reactive ketones (excluding diaryl/α,β-unsaturated/α-hetero) is 1. The van der Waals surface area contributed by atoms with Crippen LogP contribution in [0.25, 0.3) is 16.9 Å². The second-order valence-corrected chi connectivity index (χ2v) is 8.00. The van der Waals surface area contributed by atoms with E-state index < -0.39 is 0 Å². The molecule has 0 saturated carbocycles. The third-order valence-electron chi connectivity index (χ3n) is 5.54. The largest absolute Gasteiger partial charge is 0.326 e. The van der Waals surface area contributed by atoms with E-state index in [0.29, 0.717) is 11.3 Å². The molecular weight excluding hydrogens is 386 g/mol. The van der Waals surface area contributed by atoms with Crippen molar-refractivity contribution in [2.24, 2.45) is 0 Å². The number of aromatic nitrogens is 2. The number of imidazole rings is 1. The van der Waals surface area contributed by atoms with Gasteiger partial charge in [0.25, 0.3) is 0 Å². The van der Waals surface area contributed by atoms with Crippen molar-refractivity contribution < 1.29 is 9.59 Å². The molecule has 5 nitrogen and oxygen atoms in total. The molecule has 0 atom stereocenters. The van der Waals surface area contributed by atoms with E-state index >= 15 is 0 Å². The van der Waals surface area contributed by atoms with E-state index in [9.17, 15) is 9.59 Å². The van der Waals surface area contributed by atoms with Crippen LogP contribution in [0.4, 0.5) is 5.69 Å². The van der Waals surface area contributed by atoms with E-state index in [2.05, 4.69) is 37.4 Å². The summed E-state index contributed by atoms with van der Waals surface area (Å²) >= 11 is 0. The second-order valence-electron chi connectivity index (χ2n) is 8.00. The number of carbonyl (C=O) groups excluding carboxylic acids is 2. The number of fused-ring (bicyclic) bond motifs is 1. The summed E-state index contributed by atoms with van der Waals surface area (Å²) in [6.07, 6.45) is 2.12. The first kappa shape index (κ1) is 20.5. The molecular formula is C26H25N3O2. The van der Waals surface area contributed by atoms with Crippen LogP contribution < -0.4 is 5.32 Å². The first-order valence-corrected chi connectivity index (χ1v) is 10.3. The molecule has 2 aromatic carbocycles. The SMILES string of the molecule is CC(=O)c1cccc(NC(=O)Cc2c(-c3ccc(C)c(C)c3)nc3cc(C)ccn23)c1. The van der Waals surface area contributed by atoms with Crippen molar-refractivity contribution in [2.45, 2.75) is 34.1 Å². The minimum absolute atomic E-state index is 0.0368. The van der Waals surface area contributed by atoms with Crippen LogP contribution in [-0.4, -0.2) is 21.1 Å². The Morgan fingerprint density at radius 2 is 1.77 bits per heavy atom. The molecule has 0 fully saturated rings. The van der Waals surface area contributed by atoms with Gasteiger partial charge in [0, 0.05) is 23.0 Å². The molecule has 0 radical (unpaired) electrons.